The molecule has 1 N–H and O–H groups in total. The summed E-state index contributed by atoms with van der Waals surface area (Å²) in [6, 6.07) is 7.83. The Hall–Kier alpha value is -2.83. The lowest BCUT2D eigenvalue weighted by atomic mass is 10.0. The summed E-state index contributed by atoms with van der Waals surface area (Å²) in [6.07, 6.45) is 3.62. The fourth-order valence-corrected chi connectivity index (χ4v) is 3.68. The number of carbonyl (C=O) groups is 2. The zero-order valence-corrected chi connectivity index (χ0v) is 17.1. The first-order valence-corrected chi connectivity index (χ1v) is 10.3. The summed E-state index contributed by atoms with van der Waals surface area (Å²) in [7, 11) is 1.79. The lowest BCUT2D eigenvalue weighted by Gasteiger charge is -2.20. The number of fused-ring (bicyclic) bond motifs is 1. The summed E-state index contributed by atoms with van der Waals surface area (Å²) < 4.78 is 7.48. The Morgan fingerprint density at radius 2 is 2.10 bits per heavy atom. The molecule has 1 aliphatic carbocycles. The van der Waals surface area contributed by atoms with Crippen LogP contribution >= 0.6 is 0 Å². The molecule has 1 fully saturated rings. The van der Waals surface area contributed by atoms with Crippen LogP contribution in [0.4, 0.5) is 0 Å². The summed E-state index contributed by atoms with van der Waals surface area (Å²) in [5.74, 6) is 1.56. The number of rotatable bonds is 6. The third-order valence-electron chi connectivity index (χ3n) is 5.54. The van der Waals surface area contributed by atoms with Crippen molar-refractivity contribution in [3.63, 3.8) is 0 Å². The predicted molar refractivity (Wildman–Crippen MR) is 109 cm³/mol. The number of nitrogens with one attached hydrogen (secondary N) is 1. The van der Waals surface area contributed by atoms with Crippen molar-refractivity contribution in [2.75, 3.05) is 19.7 Å². The minimum Gasteiger partial charge on any atom is -0.491 e. The minimum atomic E-state index is -0.0468. The van der Waals surface area contributed by atoms with E-state index in [-0.39, 0.29) is 11.8 Å². The second-order valence-electron chi connectivity index (χ2n) is 8.06. The van der Waals surface area contributed by atoms with Gasteiger partial charge < -0.3 is 15.0 Å². The molecular formula is C22H28N4O3. The maximum atomic E-state index is 13.0. The smallest absolute Gasteiger partial charge is 0.272 e. The van der Waals surface area contributed by atoms with Crippen molar-refractivity contribution in [3.05, 3.63) is 46.8 Å². The molecule has 4 rings (SSSR count). The second kappa shape index (κ2) is 8.27. The molecule has 1 aliphatic heterocycles. The average molecular weight is 396 g/mol. The highest BCUT2D eigenvalue weighted by molar-refractivity contribution is 5.92. The van der Waals surface area contributed by atoms with Gasteiger partial charge in [-0.15, -0.1) is 0 Å². The van der Waals surface area contributed by atoms with Gasteiger partial charge in [-0.3, -0.25) is 14.3 Å². The van der Waals surface area contributed by atoms with Crippen LogP contribution in [0.1, 0.15) is 46.6 Å². The van der Waals surface area contributed by atoms with Crippen LogP contribution in [0.2, 0.25) is 0 Å². The molecule has 2 aromatic rings. The highest BCUT2D eigenvalue weighted by Gasteiger charge is 2.24. The number of ether oxygens (including phenoxy) is 1. The Bertz CT molecular complexity index is 917. The van der Waals surface area contributed by atoms with E-state index in [1.54, 1.807) is 16.6 Å². The lowest BCUT2D eigenvalue weighted by Crippen LogP contribution is -2.33. The fourth-order valence-electron chi connectivity index (χ4n) is 3.68. The third-order valence-corrected chi connectivity index (χ3v) is 5.54. The summed E-state index contributed by atoms with van der Waals surface area (Å²) in [5, 5.41) is 7.29. The van der Waals surface area contributed by atoms with Gasteiger partial charge >= 0.3 is 0 Å². The number of hydrogen-bond acceptors (Lipinski definition) is 4. The number of hydrogen-bond donors (Lipinski definition) is 1. The van der Waals surface area contributed by atoms with Crippen LogP contribution in [0.15, 0.2) is 24.3 Å². The summed E-state index contributed by atoms with van der Waals surface area (Å²) in [5.41, 5.74) is 3.46. The van der Waals surface area contributed by atoms with Crippen molar-refractivity contribution in [1.29, 1.82) is 0 Å². The van der Waals surface area contributed by atoms with E-state index in [2.05, 4.69) is 16.5 Å². The van der Waals surface area contributed by atoms with Crippen molar-refractivity contribution < 1.29 is 14.3 Å². The molecule has 2 amide bonds. The first kappa shape index (κ1) is 19.5. The van der Waals surface area contributed by atoms with E-state index in [9.17, 15) is 9.59 Å². The lowest BCUT2D eigenvalue weighted by molar-refractivity contribution is -0.121. The number of aryl methyl sites for hydroxylation is 3. The molecule has 0 radical (unpaired) electrons. The zero-order chi connectivity index (χ0) is 20.4. The van der Waals surface area contributed by atoms with Gasteiger partial charge in [0.15, 0.2) is 0 Å². The van der Waals surface area contributed by atoms with Crippen LogP contribution in [0.25, 0.3) is 0 Å². The quantitative estimate of drug-likeness (QED) is 0.812. The van der Waals surface area contributed by atoms with Crippen molar-refractivity contribution in [2.24, 2.45) is 13.0 Å². The highest BCUT2D eigenvalue weighted by atomic mass is 16.5. The Labute approximate surface area is 171 Å². The van der Waals surface area contributed by atoms with Gasteiger partial charge in [0.25, 0.3) is 5.91 Å². The fraction of sp³-hybridized carbons (Fsp3) is 0.500. The number of nitrogens with zero attached hydrogens (tertiary/aromatic N) is 3. The van der Waals surface area contributed by atoms with Crippen LogP contribution in [0, 0.1) is 12.8 Å². The largest absolute Gasteiger partial charge is 0.491 e. The van der Waals surface area contributed by atoms with Crippen molar-refractivity contribution in [2.45, 2.75) is 39.2 Å². The van der Waals surface area contributed by atoms with Gasteiger partial charge in [0.05, 0.1) is 12.2 Å². The van der Waals surface area contributed by atoms with Crippen molar-refractivity contribution >= 4 is 11.8 Å². The van der Waals surface area contributed by atoms with Gasteiger partial charge in [0.1, 0.15) is 18.1 Å². The molecule has 0 bridgehead atoms. The molecule has 1 aromatic heterocycles. The van der Waals surface area contributed by atoms with Crippen LogP contribution in [0.3, 0.4) is 0 Å². The molecule has 154 valence electrons. The molecule has 7 heteroatoms. The Morgan fingerprint density at radius 1 is 1.28 bits per heavy atom. The van der Waals surface area contributed by atoms with Gasteiger partial charge in [-0.1, -0.05) is 12.1 Å². The zero-order valence-electron chi connectivity index (χ0n) is 17.1. The van der Waals surface area contributed by atoms with Gasteiger partial charge in [0.2, 0.25) is 5.91 Å². The van der Waals surface area contributed by atoms with Crippen LogP contribution in [-0.4, -0.2) is 46.2 Å². The second-order valence-corrected chi connectivity index (χ2v) is 8.06. The van der Waals surface area contributed by atoms with Gasteiger partial charge in [-0.2, -0.15) is 5.10 Å². The highest BCUT2D eigenvalue weighted by Crippen LogP contribution is 2.28. The topological polar surface area (TPSA) is 76.5 Å². The summed E-state index contributed by atoms with van der Waals surface area (Å²) >= 11 is 0. The van der Waals surface area contributed by atoms with E-state index in [1.165, 1.54) is 12.8 Å². The van der Waals surface area contributed by atoms with E-state index in [0.29, 0.717) is 44.1 Å². The summed E-state index contributed by atoms with van der Waals surface area (Å²) in [6.45, 7) is 4.15. The number of benzene rings is 1. The maximum absolute atomic E-state index is 13.0. The van der Waals surface area contributed by atoms with Crippen LogP contribution in [0.5, 0.6) is 5.75 Å². The van der Waals surface area contributed by atoms with Crippen LogP contribution in [-0.2, 0) is 24.8 Å². The minimum absolute atomic E-state index is 0.0468. The SMILES string of the molecule is Cc1cc(C(=O)N2CCOc3ccc(CCC(=O)NCC4CC4)cc3C2)n(C)n1. The molecule has 0 atom stereocenters. The number of amides is 2. The Balaban J connectivity index is 1.42. The van der Waals surface area contributed by atoms with E-state index in [4.69, 9.17) is 4.74 Å². The number of aromatic nitrogens is 2. The Kier molecular flexibility index (Phi) is 5.56. The molecule has 29 heavy (non-hydrogen) atoms. The molecular weight excluding hydrogens is 368 g/mol. The first-order chi connectivity index (χ1) is 14.0. The molecule has 1 aromatic carbocycles. The molecule has 0 saturated heterocycles. The molecule has 1 saturated carbocycles. The van der Waals surface area contributed by atoms with E-state index < -0.39 is 0 Å². The Morgan fingerprint density at radius 3 is 2.83 bits per heavy atom. The van der Waals surface area contributed by atoms with Gasteiger partial charge in [0, 0.05) is 32.1 Å². The van der Waals surface area contributed by atoms with Gasteiger partial charge in [-0.05, 0) is 49.8 Å². The standard InChI is InChI=1S/C22H28N4O3/c1-15-11-19(25(2)24-15)22(28)26-9-10-29-20-7-5-16(12-18(20)14-26)6-8-21(27)23-13-17-3-4-17/h5,7,11-12,17H,3-4,6,8-10,13-14H2,1-2H3,(H,23,27). The van der Waals surface area contributed by atoms with Crippen LogP contribution < -0.4 is 10.1 Å². The van der Waals surface area contributed by atoms with E-state index >= 15 is 0 Å². The average Bonchev–Trinajstić information content (AvgIpc) is 3.49. The molecule has 0 unspecified atom stereocenters. The normalized spacial score (nSPS) is 16.0. The van der Waals surface area contributed by atoms with Crippen molar-refractivity contribution in [1.82, 2.24) is 20.0 Å². The predicted octanol–water partition coefficient (Wildman–Crippen LogP) is 2.22. The van der Waals surface area contributed by atoms with Gasteiger partial charge in [-0.25, -0.2) is 0 Å². The van der Waals surface area contributed by atoms with E-state index in [0.717, 1.165) is 29.1 Å². The molecule has 7 nitrogen and oxygen atoms in total. The van der Waals surface area contributed by atoms with E-state index in [1.807, 2.05) is 25.1 Å². The molecule has 0 spiro atoms. The summed E-state index contributed by atoms with van der Waals surface area (Å²) in [4.78, 5) is 26.8. The monoisotopic (exact) mass is 396 g/mol. The maximum Gasteiger partial charge on any atom is 0.272 e. The first-order valence-electron chi connectivity index (χ1n) is 10.3. The third kappa shape index (κ3) is 4.78. The van der Waals surface area contributed by atoms with Crippen molar-refractivity contribution in [3.8, 4) is 5.75 Å². The molecule has 2 heterocycles. The number of carbonyl (C=O) groups excluding carboxylic acids is 2. The molecule has 2 aliphatic rings.